The fraction of sp³-hybridized carbons (Fsp3) is 0.174. The van der Waals surface area contributed by atoms with Gasteiger partial charge in [0.25, 0.3) is 5.91 Å². The van der Waals surface area contributed by atoms with E-state index in [9.17, 15) is 9.18 Å². The van der Waals surface area contributed by atoms with E-state index >= 15 is 0 Å². The molecular formula is C23H20BrClFN5O2. The highest BCUT2D eigenvalue weighted by Gasteiger charge is 2.16. The number of carbonyl (C=O) groups excluding carboxylic acids is 1. The minimum atomic E-state index is -0.435. The molecule has 0 bridgehead atoms. The average molecular weight is 533 g/mol. The van der Waals surface area contributed by atoms with Gasteiger partial charge in [-0.05, 0) is 59.6 Å². The third-order valence-electron chi connectivity index (χ3n) is 4.89. The molecule has 0 unspecified atom stereocenters. The van der Waals surface area contributed by atoms with Crippen LogP contribution in [0.15, 0.2) is 59.3 Å². The summed E-state index contributed by atoms with van der Waals surface area (Å²) in [4.78, 5) is 12.6. The van der Waals surface area contributed by atoms with E-state index in [-0.39, 0.29) is 24.8 Å². The first-order chi connectivity index (χ1) is 15.8. The standard InChI is InChI=1S/C23H20BrClFN5O2/c1-14-6-7-21(15(2)10-14)33-13-30-9-8-20(28-30)23(32)27-22-17(24)12-31(29-22)11-16-18(25)4-3-5-19(16)26/h3-10,12H,11,13H2,1-2H3,(H,27,29,32). The molecule has 0 aliphatic rings. The molecule has 0 saturated carbocycles. The lowest BCUT2D eigenvalue weighted by Crippen LogP contribution is -2.15. The van der Waals surface area contributed by atoms with Gasteiger partial charge in [-0.2, -0.15) is 10.2 Å². The zero-order valence-corrected chi connectivity index (χ0v) is 20.2. The number of rotatable bonds is 7. The third kappa shape index (κ3) is 5.43. The fourth-order valence-electron chi connectivity index (χ4n) is 3.23. The van der Waals surface area contributed by atoms with Crippen LogP contribution < -0.4 is 10.1 Å². The van der Waals surface area contributed by atoms with Crippen LogP contribution in [0, 0.1) is 19.7 Å². The van der Waals surface area contributed by atoms with Crippen molar-refractivity contribution in [2.75, 3.05) is 5.32 Å². The molecule has 10 heteroatoms. The van der Waals surface area contributed by atoms with Gasteiger partial charge in [-0.15, -0.1) is 0 Å². The van der Waals surface area contributed by atoms with Crippen LogP contribution in [0.5, 0.6) is 5.75 Å². The molecule has 0 fully saturated rings. The highest BCUT2D eigenvalue weighted by atomic mass is 79.9. The number of aromatic nitrogens is 4. The molecule has 0 aliphatic carbocycles. The largest absolute Gasteiger partial charge is 0.471 e. The molecule has 0 atom stereocenters. The Morgan fingerprint density at radius 1 is 1.18 bits per heavy atom. The van der Waals surface area contributed by atoms with Crippen molar-refractivity contribution in [3.05, 3.63) is 92.6 Å². The molecule has 1 amide bonds. The molecule has 0 spiro atoms. The summed E-state index contributed by atoms with van der Waals surface area (Å²) in [6.45, 7) is 4.27. The van der Waals surface area contributed by atoms with Crippen molar-refractivity contribution in [2.45, 2.75) is 27.1 Å². The Bertz CT molecular complexity index is 1300. The van der Waals surface area contributed by atoms with E-state index in [1.807, 2.05) is 32.0 Å². The van der Waals surface area contributed by atoms with Crippen LogP contribution in [-0.2, 0) is 13.3 Å². The molecule has 1 N–H and O–H groups in total. The highest BCUT2D eigenvalue weighted by molar-refractivity contribution is 9.10. The van der Waals surface area contributed by atoms with Crippen LogP contribution in [0.3, 0.4) is 0 Å². The lowest BCUT2D eigenvalue weighted by atomic mass is 10.1. The minimum Gasteiger partial charge on any atom is -0.471 e. The lowest BCUT2D eigenvalue weighted by Gasteiger charge is -2.09. The van der Waals surface area contributed by atoms with E-state index in [2.05, 4.69) is 31.4 Å². The molecular weight excluding hydrogens is 513 g/mol. The maximum atomic E-state index is 14.1. The first kappa shape index (κ1) is 23.0. The molecule has 4 aromatic rings. The smallest absolute Gasteiger partial charge is 0.277 e. The summed E-state index contributed by atoms with van der Waals surface area (Å²) in [6.07, 6.45) is 3.29. The third-order valence-corrected chi connectivity index (χ3v) is 5.82. The van der Waals surface area contributed by atoms with Crippen molar-refractivity contribution in [1.82, 2.24) is 19.6 Å². The Kier molecular flexibility index (Phi) is 6.80. The number of amides is 1. The van der Waals surface area contributed by atoms with Gasteiger partial charge in [0.15, 0.2) is 18.2 Å². The first-order valence-electron chi connectivity index (χ1n) is 10.0. The quantitative estimate of drug-likeness (QED) is 0.337. The van der Waals surface area contributed by atoms with Crippen molar-refractivity contribution in [2.24, 2.45) is 0 Å². The first-order valence-corrected chi connectivity index (χ1v) is 11.2. The number of carbonyl (C=O) groups is 1. The summed E-state index contributed by atoms with van der Waals surface area (Å²) in [5, 5.41) is 11.6. The number of aryl methyl sites for hydroxylation is 2. The lowest BCUT2D eigenvalue weighted by molar-refractivity contribution is 0.101. The number of hydrogen-bond acceptors (Lipinski definition) is 4. The predicted octanol–water partition coefficient (Wildman–Crippen LogP) is 5.59. The maximum Gasteiger partial charge on any atom is 0.277 e. The van der Waals surface area contributed by atoms with Crippen LogP contribution in [0.4, 0.5) is 10.2 Å². The second kappa shape index (κ2) is 9.76. The maximum absolute atomic E-state index is 14.1. The zero-order chi connectivity index (χ0) is 23.5. The Morgan fingerprint density at radius 2 is 2.00 bits per heavy atom. The van der Waals surface area contributed by atoms with E-state index in [1.165, 1.54) is 21.5 Å². The van der Waals surface area contributed by atoms with Gasteiger partial charge in [-0.25, -0.2) is 9.07 Å². The normalized spacial score (nSPS) is 10.9. The van der Waals surface area contributed by atoms with Gasteiger partial charge in [-0.3, -0.25) is 9.48 Å². The van der Waals surface area contributed by atoms with Gasteiger partial charge in [-0.1, -0.05) is 35.4 Å². The minimum absolute atomic E-state index is 0.115. The van der Waals surface area contributed by atoms with Gasteiger partial charge < -0.3 is 10.1 Å². The van der Waals surface area contributed by atoms with E-state index < -0.39 is 11.7 Å². The van der Waals surface area contributed by atoms with Gasteiger partial charge in [0, 0.05) is 23.0 Å². The average Bonchev–Trinajstić information content (AvgIpc) is 3.37. The van der Waals surface area contributed by atoms with Crippen LogP contribution in [0.2, 0.25) is 5.02 Å². The van der Waals surface area contributed by atoms with Crippen molar-refractivity contribution < 1.29 is 13.9 Å². The number of anilines is 1. The summed E-state index contributed by atoms with van der Waals surface area (Å²) in [7, 11) is 0. The van der Waals surface area contributed by atoms with Crippen molar-refractivity contribution >= 4 is 39.3 Å². The van der Waals surface area contributed by atoms with Crippen LogP contribution in [0.25, 0.3) is 0 Å². The topological polar surface area (TPSA) is 74.0 Å². The van der Waals surface area contributed by atoms with Crippen molar-refractivity contribution in [3.8, 4) is 5.75 Å². The molecule has 7 nitrogen and oxygen atoms in total. The molecule has 170 valence electrons. The zero-order valence-electron chi connectivity index (χ0n) is 17.8. The molecule has 2 aromatic carbocycles. The summed E-state index contributed by atoms with van der Waals surface area (Å²) in [5.74, 6) is 0.184. The van der Waals surface area contributed by atoms with Crippen LogP contribution >= 0.6 is 27.5 Å². The summed E-state index contributed by atoms with van der Waals surface area (Å²) < 4.78 is 23.4. The Balaban J connectivity index is 1.40. The SMILES string of the molecule is Cc1ccc(OCn2ccc(C(=O)Nc3nn(Cc4c(F)cccc4Cl)cc3Br)n2)c(C)c1. The Hall–Kier alpha value is -3.17. The van der Waals surface area contributed by atoms with Crippen LogP contribution in [-0.4, -0.2) is 25.5 Å². The Morgan fingerprint density at radius 3 is 2.76 bits per heavy atom. The number of nitrogens with one attached hydrogen (secondary N) is 1. The summed E-state index contributed by atoms with van der Waals surface area (Å²) >= 11 is 9.46. The number of ether oxygens (including phenoxy) is 1. The molecule has 2 aromatic heterocycles. The number of nitrogens with zero attached hydrogens (tertiary/aromatic N) is 4. The molecule has 0 aliphatic heterocycles. The van der Waals surface area contributed by atoms with Crippen molar-refractivity contribution in [3.63, 3.8) is 0 Å². The second-order valence-corrected chi connectivity index (χ2v) is 8.72. The Labute approximate surface area is 203 Å². The van der Waals surface area contributed by atoms with Crippen molar-refractivity contribution in [1.29, 1.82) is 0 Å². The predicted molar refractivity (Wildman–Crippen MR) is 127 cm³/mol. The van der Waals surface area contributed by atoms with E-state index in [0.717, 1.165) is 16.9 Å². The highest BCUT2D eigenvalue weighted by Crippen LogP contribution is 2.24. The number of hydrogen-bond donors (Lipinski definition) is 1. The number of halogens is 3. The van der Waals surface area contributed by atoms with Crippen LogP contribution in [0.1, 0.15) is 27.2 Å². The summed E-state index contributed by atoms with van der Waals surface area (Å²) in [5.41, 5.74) is 2.70. The van der Waals surface area contributed by atoms with E-state index in [1.54, 1.807) is 24.5 Å². The van der Waals surface area contributed by atoms with Gasteiger partial charge in [0.2, 0.25) is 0 Å². The van der Waals surface area contributed by atoms with E-state index in [0.29, 0.717) is 15.1 Å². The number of benzene rings is 2. The van der Waals surface area contributed by atoms with Gasteiger partial charge in [0.05, 0.1) is 11.0 Å². The fourth-order valence-corrected chi connectivity index (χ4v) is 3.87. The van der Waals surface area contributed by atoms with Gasteiger partial charge in [0.1, 0.15) is 11.6 Å². The summed E-state index contributed by atoms with van der Waals surface area (Å²) in [6, 6.07) is 12.0. The molecule has 0 radical (unpaired) electrons. The molecule has 0 saturated heterocycles. The van der Waals surface area contributed by atoms with Gasteiger partial charge >= 0.3 is 0 Å². The monoisotopic (exact) mass is 531 g/mol. The second-order valence-electron chi connectivity index (χ2n) is 7.46. The molecule has 33 heavy (non-hydrogen) atoms. The van der Waals surface area contributed by atoms with E-state index in [4.69, 9.17) is 16.3 Å². The molecule has 2 heterocycles. The molecule has 4 rings (SSSR count).